The first kappa shape index (κ1) is 15.8. The van der Waals surface area contributed by atoms with Gasteiger partial charge in [0, 0.05) is 25.4 Å². The van der Waals surface area contributed by atoms with Crippen molar-refractivity contribution in [3.05, 3.63) is 24.0 Å². The Morgan fingerprint density at radius 2 is 1.96 bits per heavy atom. The number of fused-ring (bicyclic) bond motifs is 1. The lowest BCUT2D eigenvalue weighted by Crippen LogP contribution is -2.38. The molecule has 2 heterocycles. The van der Waals surface area contributed by atoms with Gasteiger partial charge in [0.1, 0.15) is 5.82 Å². The summed E-state index contributed by atoms with van der Waals surface area (Å²) in [4.78, 5) is 17.2. The van der Waals surface area contributed by atoms with Gasteiger partial charge in [-0.05, 0) is 38.0 Å². The van der Waals surface area contributed by atoms with Gasteiger partial charge in [-0.2, -0.15) is 0 Å². The Kier molecular flexibility index (Phi) is 3.79. The standard InChI is InChI=1S/C15H19N3O4S/c1-10-16-13-9-12(23(2,21)22)3-4-14(13)18(10)11-5-7-17(8-6-11)15(19)20/h3-4,9,11H,5-8H2,1-2H3,(H,19,20). The molecule has 2 aromatic rings. The van der Waals surface area contributed by atoms with Crippen molar-refractivity contribution < 1.29 is 18.3 Å². The van der Waals surface area contributed by atoms with Crippen molar-refractivity contribution >= 4 is 27.0 Å². The Morgan fingerprint density at radius 3 is 2.52 bits per heavy atom. The van der Waals surface area contributed by atoms with Crippen molar-refractivity contribution in [2.45, 2.75) is 30.7 Å². The number of carboxylic acid groups (broad SMARTS) is 1. The number of aromatic nitrogens is 2. The zero-order valence-electron chi connectivity index (χ0n) is 13.1. The molecule has 7 nitrogen and oxygen atoms in total. The summed E-state index contributed by atoms with van der Waals surface area (Å²) in [6.45, 7) is 2.89. The highest BCUT2D eigenvalue weighted by molar-refractivity contribution is 7.90. The van der Waals surface area contributed by atoms with Crippen molar-refractivity contribution in [2.24, 2.45) is 0 Å². The minimum atomic E-state index is -3.26. The molecule has 8 heteroatoms. The summed E-state index contributed by atoms with van der Waals surface area (Å²) < 4.78 is 25.4. The molecule has 0 radical (unpaired) electrons. The van der Waals surface area contributed by atoms with Gasteiger partial charge in [0.2, 0.25) is 0 Å². The van der Waals surface area contributed by atoms with E-state index in [9.17, 15) is 13.2 Å². The van der Waals surface area contributed by atoms with Gasteiger partial charge >= 0.3 is 6.09 Å². The summed E-state index contributed by atoms with van der Waals surface area (Å²) in [6.07, 6.45) is 1.76. The predicted molar refractivity (Wildman–Crippen MR) is 85.4 cm³/mol. The van der Waals surface area contributed by atoms with Gasteiger partial charge in [0.15, 0.2) is 9.84 Å². The maximum atomic E-state index is 11.7. The number of imidazole rings is 1. The fraction of sp³-hybridized carbons (Fsp3) is 0.467. The summed E-state index contributed by atoms with van der Waals surface area (Å²) >= 11 is 0. The Bertz CT molecular complexity index is 864. The molecule has 0 atom stereocenters. The van der Waals surface area contributed by atoms with Crippen LogP contribution in [0.3, 0.4) is 0 Å². The van der Waals surface area contributed by atoms with E-state index in [1.54, 1.807) is 18.2 Å². The summed E-state index contributed by atoms with van der Waals surface area (Å²) in [5.74, 6) is 0.819. The first-order valence-corrected chi connectivity index (χ1v) is 9.33. The molecule has 3 rings (SSSR count). The number of likely N-dealkylation sites (tertiary alicyclic amines) is 1. The van der Waals surface area contributed by atoms with Crippen molar-refractivity contribution in [1.82, 2.24) is 14.5 Å². The van der Waals surface area contributed by atoms with Crippen LogP contribution in [0.5, 0.6) is 0 Å². The molecule has 0 aliphatic carbocycles. The summed E-state index contributed by atoms with van der Waals surface area (Å²) in [7, 11) is -3.26. The topological polar surface area (TPSA) is 92.5 Å². The molecule has 1 aliphatic heterocycles. The van der Waals surface area contributed by atoms with Crippen LogP contribution in [0.25, 0.3) is 11.0 Å². The molecule has 0 unspecified atom stereocenters. The molecule has 1 fully saturated rings. The number of piperidine rings is 1. The Labute approximate surface area is 134 Å². The minimum absolute atomic E-state index is 0.180. The summed E-state index contributed by atoms with van der Waals surface area (Å²) in [5.41, 5.74) is 1.55. The first-order valence-electron chi connectivity index (χ1n) is 7.44. The van der Waals surface area contributed by atoms with Crippen LogP contribution in [0.15, 0.2) is 23.1 Å². The van der Waals surface area contributed by atoms with Crippen molar-refractivity contribution in [2.75, 3.05) is 19.3 Å². The number of nitrogens with zero attached hydrogens (tertiary/aromatic N) is 3. The van der Waals surface area contributed by atoms with Crippen LogP contribution in [-0.4, -0.2) is 53.4 Å². The van der Waals surface area contributed by atoms with Gasteiger partial charge in [0.25, 0.3) is 0 Å². The number of amides is 1. The quantitative estimate of drug-likeness (QED) is 0.905. The maximum absolute atomic E-state index is 11.7. The highest BCUT2D eigenvalue weighted by Gasteiger charge is 2.25. The van der Waals surface area contributed by atoms with E-state index in [1.807, 2.05) is 6.92 Å². The van der Waals surface area contributed by atoms with Gasteiger partial charge in [-0.1, -0.05) is 0 Å². The molecule has 0 bridgehead atoms. The second-order valence-electron chi connectivity index (χ2n) is 5.95. The smallest absolute Gasteiger partial charge is 0.407 e. The Hall–Kier alpha value is -2.09. The lowest BCUT2D eigenvalue weighted by Gasteiger charge is -2.31. The molecule has 124 valence electrons. The normalized spacial score (nSPS) is 16.9. The molecular weight excluding hydrogens is 318 g/mol. The second kappa shape index (κ2) is 5.52. The van der Waals surface area contributed by atoms with E-state index < -0.39 is 15.9 Å². The molecule has 1 amide bonds. The molecule has 1 aliphatic rings. The third-order valence-electron chi connectivity index (χ3n) is 4.37. The van der Waals surface area contributed by atoms with Crippen LogP contribution in [0.4, 0.5) is 4.79 Å². The van der Waals surface area contributed by atoms with Crippen molar-refractivity contribution in [1.29, 1.82) is 0 Å². The van der Waals surface area contributed by atoms with Gasteiger partial charge in [-0.15, -0.1) is 0 Å². The van der Waals surface area contributed by atoms with Gasteiger partial charge < -0.3 is 14.6 Å². The van der Waals surface area contributed by atoms with E-state index in [0.29, 0.717) is 18.6 Å². The average Bonchev–Trinajstić information content (AvgIpc) is 2.81. The van der Waals surface area contributed by atoms with Crippen molar-refractivity contribution in [3.63, 3.8) is 0 Å². The van der Waals surface area contributed by atoms with Crippen LogP contribution in [0.2, 0.25) is 0 Å². The molecule has 23 heavy (non-hydrogen) atoms. The fourth-order valence-electron chi connectivity index (χ4n) is 3.21. The molecule has 1 aromatic heterocycles. The lowest BCUT2D eigenvalue weighted by molar-refractivity contribution is 0.126. The Balaban J connectivity index is 1.96. The third kappa shape index (κ3) is 2.90. The SMILES string of the molecule is Cc1nc2cc(S(C)(=O)=O)ccc2n1C1CCN(C(=O)O)CC1. The van der Waals surface area contributed by atoms with Crippen LogP contribution >= 0.6 is 0 Å². The number of hydrogen-bond donors (Lipinski definition) is 1. The zero-order chi connectivity index (χ0) is 16.8. The van der Waals surface area contributed by atoms with Crippen LogP contribution in [0.1, 0.15) is 24.7 Å². The van der Waals surface area contributed by atoms with Crippen LogP contribution in [-0.2, 0) is 9.84 Å². The minimum Gasteiger partial charge on any atom is -0.465 e. The number of carbonyl (C=O) groups is 1. The highest BCUT2D eigenvalue weighted by atomic mass is 32.2. The van der Waals surface area contributed by atoms with E-state index in [1.165, 1.54) is 11.2 Å². The number of sulfone groups is 1. The molecule has 0 spiro atoms. The fourth-order valence-corrected chi connectivity index (χ4v) is 3.85. The molecule has 1 N–H and O–H groups in total. The van der Waals surface area contributed by atoms with Crippen LogP contribution < -0.4 is 0 Å². The summed E-state index contributed by atoms with van der Waals surface area (Å²) in [5, 5.41) is 9.04. The number of hydrogen-bond acceptors (Lipinski definition) is 4. The lowest BCUT2D eigenvalue weighted by atomic mass is 10.0. The van der Waals surface area contributed by atoms with Gasteiger partial charge in [-0.3, -0.25) is 0 Å². The molecule has 1 aromatic carbocycles. The summed E-state index contributed by atoms with van der Waals surface area (Å²) in [6, 6.07) is 5.16. The number of benzene rings is 1. The monoisotopic (exact) mass is 337 g/mol. The Morgan fingerprint density at radius 1 is 1.30 bits per heavy atom. The average molecular weight is 337 g/mol. The largest absolute Gasteiger partial charge is 0.465 e. The maximum Gasteiger partial charge on any atom is 0.407 e. The number of aryl methyl sites for hydroxylation is 1. The van der Waals surface area contributed by atoms with Crippen LogP contribution in [0, 0.1) is 6.92 Å². The molecule has 1 saturated heterocycles. The second-order valence-corrected chi connectivity index (χ2v) is 7.97. The zero-order valence-corrected chi connectivity index (χ0v) is 13.9. The van der Waals surface area contributed by atoms with E-state index in [-0.39, 0.29) is 10.9 Å². The van der Waals surface area contributed by atoms with E-state index >= 15 is 0 Å². The highest BCUT2D eigenvalue weighted by Crippen LogP contribution is 2.29. The van der Waals surface area contributed by atoms with E-state index in [0.717, 1.165) is 24.2 Å². The van der Waals surface area contributed by atoms with E-state index in [4.69, 9.17) is 5.11 Å². The first-order chi connectivity index (χ1) is 10.8. The third-order valence-corrected chi connectivity index (χ3v) is 5.48. The molecular formula is C15H19N3O4S. The predicted octanol–water partition coefficient (Wildman–Crippen LogP) is 2.06. The van der Waals surface area contributed by atoms with Gasteiger partial charge in [0.05, 0.1) is 15.9 Å². The van der Waals surface area contributed by atoms with Crippen molar-refractivity contribution in [3.8, 4) is 0 Å². The number of rotatable bonds is 2. The van der Waals surface area contributed by atoms with E-state index in [2.05, 4.69) is 9.55 Å². The molecule has 0 saturated carbocycles. The van der Waals surface area contributed by atoms with Gasteiger partial charge in [-0.25, -0.2) is 18.2 Å².